The quantitative estimate of drug-likeness (QED) is 0.285. The number of esters is 1. The first kappa shape index (κ1) is 9.77. The Kier molecular flexibility index (Phi) is 2.40. The molecule has 0 aliphatic carbocycles. The van der Waals surface area contributed by atoms with Crippen LogP contribution in [0.1, 0.15) is 20.8 Å². The molecule has 1 aliphatic rings. The van der Waals surface area contributed by atoms with Crippen LogP contribution in [0.15, 0.2) is 11.3 Å². The number of cyclic esters (lactones) is 1. The second kappa shape index (κ2) is 3.20. The maximum atomic E-state index is 11.3. The number of ketones is 1. The van der Waals surface area contributed by atoms with Gasteiger partial charge in [-0.05, 0) is 6.92 Å². The molecule has 1 saturated heterocycles. The average Bonchev–Trinajstić information content (AvgIpc) is 2.26. The zero-order valence-corrected chi connectivity index (χ0v) is 7.83. The van der Waals surface area contributed by atoms with E-state index in [9.17, 15) is 14.7 Å². The number of hydrogen-bond donors (Lipinski definition) is 1. The summed E-state index contributed by atoms with van der Waals surface area (Å²) in [4.78, 5) is 22.4. The average molecular weight is 184 g/mol. The molecule has 0 amide bonds. The number of hydrogen-bond acceptors (Lipinski definition) is 4. The minimum atomic E-state index is -0.761. The molecule has 1 fully saturated rings. The summed E-state index contributed by atoms with van der Waals surface area (Å²) in [5.74, 6) is -1.57. The molecule has 0 saturated carbocycles. The lowest BCUT2D eigenvalue weighted by Gasteiger charge is -2.03. The second-order valence-corrected chi connectivity index (χ2v) is 3.33. The number of carbonyl (C=O) groups excluding carboxylic acids is 2. The molecule has 0 aromatic rings. The molecular weight excluding hydrogens is 172 g/mol. The number of ether oxygens (including phenoxy) is 1. The van der Waals surface area contributed by atoms with Gasteiger partial charge >= 0.3 is 5.97 Å². The van der Waals surface area contributed by atoms with E-state index in [4.69, 9.17) is 0 Å². The predicted octanol–water partition coefficient (Wildman–Crippen LogP) is 0.969. The van der Waals surface area contributed by atoms with Gasteiger partial charge in [0, 0.05) is 5.92 Å². The minimum Gasteiger partial charge on any atom is -0.511 e. The molecule has 1 unspecified atom stereocenters. The van der Waals surface area contributed by atoms with E-state index in [1.54, 1.807) is 13.8 Å². The Balaban J connectivity index is 3.11. The van der Waals surface area contributed by atoms with Crippen molar-refractivity contribution >= 4 is 11.8 Å². The van der Waals surface area contributed by atoms with Crippen LogP contribution in [0.4, 0.5) is 0 Å². The summed E-state index contributed by atoms with van der Waals surface area (Å²) in [5, 5.41) is 9.44. The van der Waals surface area contributed by atoms with Gasteiger partial charge < -0.3 is 9.84 Å². The number of aliphatic hydroxyl groups is 1. The fourth-order valence-electron chi connectivity index (χ4n) is 1.10. The van der Waals surface area contributed by atoms with Gasteiger partial charge in [-0.3, -0.25) is 4.79 Å². The monoisotopic (exact) mass is 184 g/mol. The van der Waals surface area contributed by atoms with E-state index in [1.165, 1.54) is 6.92 Å². The fourth-order valence-corrected chi connectivity index (χ4v) is 1.10. The van der Waals surface area contributed by atoms with Gasteiger partial charge in [-0.15, -0.1) is 0 Å². The van der Waals surface area contributed by atoms with Crippen LogP contribution in [0.5, 0.6) is 0 Å². The van der Waals surface area contributed by atoms with Crippen LogP contribution in [0.2, 0.25) is 0 Å². The van der Waals surface area contributed by atoms with Gasteiger partial charge in [-0.2, -0.15) is 0 Å². The molecule has 0 spiro atoms. The molecule has 0 aromatic heterocycles. The van der Waals surface area contributed by atoms with Crippen LogP contribution in [-0.4, -0.2) is 23.0 Å². The van der Waals surface area contributed by atoms with Crippen molar-refractivity contribution in [2.45, 2.75) is 26.9 Å². The third kappa shape index (κ3) is 1.56. The van der Waals surface area contributed by atoms with Gasteiger partial charge in [0.1, 0.15) is 11.3 Å². The van der Waals surface area contributed by atoms with E-state index in [-0.39, 0.29) is 17.3 Å². The van der Waals surface area contributed by atoms with Crippen molar-refractivity contribution in [3.63, 3.8) is 0 Å². The largest absolute Gasteiger partial charge is 0.511 e. The topological polar surface area (TPSA) is 63.6 Å². The maximum Gasteiger partial charge on any atom is 0.346 e. The van der Waals surface area contributed by atoms with Gasteiger partial charge in [-0.25, -0.2) is 4.79 Å². The Morgan fingerprint density at radius 2 is 2.00 bits per heavy atom. The molecule has 0 aromatic carbocycles. The first-order valence-electron chi connectivity index (χ1n) is 4.13. The maximum absolute atomic E-state index is 11.3. The normalized spacial score (nSPS) is 26.6. The smallest absolute Gasteiger partial charge is 0.346 e. The van der Waals surface area contributed by atoms with Crippen LogP contribution >= 0.6 is 0 Å². The molecule has 4 nitrogen and oxygen atoms in total. The Labute approximate surface area is 76.2 Å². The van der Waals surface area contributed by atoms with Crippen molar-refractivity contribution < 1.29 is 19.4 Å². The first-order valence-corrected chi connectivity index (χ1v) is 4.13. The summed E-state index contributed by atoms with van der Waals surface area (Å²) in [5.41, 5.74) is -0.192. The number of rotatable bonds is 1. The SMILES string of the molecule is CC(C)C(O)=C1C(=O)OC(C)C1=O. The highest BCUT2D eigenvalue weighted by Crippen LogP contribution is 2.22. The van der Waals surface area contributed by atoms with Crippen LogP contribution in [-0.2, 0) is 14.3 Å². The number of Topliss-reactive ketones (excluding diaryl/α,β-unsaturated/α-hetero) is 1. The summed E-state index contributed by atoms with van der Waals surface area (Å²) in [6.07, 6.45) is -0.761. The van der Waals surface area contributed by atoms with E-state index in [0.29, 0.717) is 0 Å². The van der Waals surface area contributed by atoms with Crippen LogP contribution in [0.25, 0.3) is 0 Å². The lowest BCUT2D eigenvalue weighted by atomic mass is 10.0. The van der Waals surface area contributed by atoms with Crippen LogP contribution in [0.3, 0.4) is 0 Å². The molecule has 4 heteroatoms. The van der Waals surface area contributed by atoms with Crippen molar-refractivity contribution in [1.29, 1.82) is 0 Å². The zero-order chi connectivity index (χ0) is 10.2. The van der Waals surface area contributed by atoms with Crippen molar-refractivity contribution in [2.75, 3.05) is 0 Å². The van der Waals surface area contributed by atoms with Gasteiger partial charge in [-0.1, -0.05) is 13.8 Å². The Morgan fingerprint density at radius 3 is 2.31 bits per heavy atom. The van der Waals surface area contributed by atoms with E-state index in [1.807, 2.05) is 0 Å². The number of aliphatic hydroxyl groups excluding tert-OH is 1. The zero-order valence-electron chi connectivity index (χ0n) is 7.83. The highest BCUT2D eigenvalue weighted by atomic mass is 16.6. The molecule has 72 valence electrons. The highest BCUT2D eigenvalue weighted by Gasteiger charge is 2.38. The molecule has 1 heterocycles. The van der Waals surface area contributed by atoms with E-state index >= 15 is 0 Å². The van der Waals surface area contributed by atoms with Gasteiger partial charge in [0.25, 0.3) is 0 Å². The molecule has 0 radical (unpaired) electrons. The Hall–Kier alpha value is -1.32. The predicted molar refractivity (Wildman–Crippen MR) is 45.1 cm³/mol. The second-order valence-electron chi connectivity index (χ2n) is 3.33. The van der Waals surface area contributed by atoms with Crippen LogP contribution in [0, 0.1) is 5.92 Å². The minimum absolute atomic E-state index is 0.181. The molecule has 0 bridgehead atoms. The summed E-state index contributed by atoms with van der Waals surface area (Å²) in [7, 11) is 0. The third-order valence-corrected chi connectivity index (χ3v) is 1.91. The lowest BCUT2D eigenvalue weighted by Crippen LogP contribution is -2.13. The van der Waals surface area contributed by atoms with E-state index in [0.717, 1.165) is 0 Å². The van der Waals surface area contributed by atoms with E-state index in [2.05, 4.69) is 4.74 Å². The third-order valence-electron chi connectivity index (χ3n) is 1.91. The molecule has 1 rings (SSSR count). The van der Waals surface area contributed by atoms with Crippen molar-refractivity contribution in [2.24, 2.45) is 5.92 Å². The number of allylic oxidation sites excluding steroid dienone is 1. The van der Waals surface area contributed by atoms with Crippen LogP contribution < -0.4 is 0 Å². The molecule has 1 atom stereocenters. The Bertz CT molecular complexity index is 288. The van der Waals surface area contributed by atoms with Gasteiger partial charge in [0.2, 0.25) is 5.78 Å². The first-order chi connectivity index (χ1) is 5.95. The van der Waals surface area contributed by atoms with Gasteiger partial charge in [0.05, 0.1) is 0 Å². The van der Waals surface area contributed by atoms with E-state index < -0.39 is 17.9 Å². The summed E-state index contributed by atoms with van der Waals surface area (Å²) >= 11 is 0. The standard InChI is InChI=1S/C9H12O4/c1-4(2)7(10)6-8(11)5(3)13-9(6)12/h4-5,10H,1-3H3. The molecule has 1 aliphatic heterocycles. The molecule has 1 N–H and O–H groups in total. The highest BCUT2D eigenvalue weighted by molar-refractivity contribution is 6.23. The number of carbonyl (C=O) groups is 2. The van der Waals surface area contributed by atoms with Gasteiger partial charge in [0.15, 0.2) is 6.10 Å². The van der Waals surface area contributed by atoms with Crippen molar-refractivity contribution in [3.8, 4) is 0 Å². The lowest BCUT2D eigenvalue weighted by molar-refractivity contribution is -0.140. The molecular formula is C9H12O4. The summed E-state index contributed by atoms with van der Waals surface area (Å²) in [6.45, 7) is 4.89. The summed E-state index contributed by atoms with van der Waals surface area (Å²) in [6, 6.07) is 0. The van der Waals surface area contributed by atoms with Crippen molar-refractivity contribution in [1.82, 2.24) is 0 Å². The molecule has 13 heavy (non-hydrogen) atoms. The summed E-state index contributed by atoms with van der Waals surface area (Å²) < 4.78 is 4.65. The fraction of sp³-hybridized carbons (Fsp3) is 0.556. The van der Waals surface area contributed by atoms with Crippen molar-refractivity contribution in [3.05, 3.63) is 11.3 Å². The Morgan fingerprint density at radius 1 is 1.46 bits per heavy atom.